The number of benzene rings is 1. The summed E-state index contributed by atoms with van der Waals surface area (Å²) in [4.78, 5) is 12.5. The van der Waals surface area contributed by atoms with Crippen LogP contribution in [0.2, 0.25) is 5.02 Å². The minimum atomic E-state index is -0.273. The Morgan fingerprint density at radius 1 is 1.35 bits per heavy atom. The molecule has 1 amide bonds. The van der Waals surface area contributed by atoms with E-state index in [9.17, 15) is 4.79 Å². The number of fused-ring (bicyclic) bond motifs is 1. The molecule has 23 heavy (non-hydrogen) atoms. The van der Waals surface area contributed by atoms with Gasteiger partial charge in [-0.2, -0.15) is 5.10 Å². The zero-order valence-corrected chi connectivity index (χ0v) is 13.8. The van der Waals surface area contributed by atoms with Crippen molar-refractivity contribution < 1.29 is 14.3 Å². The second kappa shape index (κ2) is 6.50. The van der Waals surface area contributed by atoms with Crippen molar-refractivity contribution in [1.29, 1.82) is 0 Å². The third kappa shape index (κ3) is 3.27. The first-order chi connectivity index (χ1) is 11.1. The van der Waals surface area contributed by atoms with Crippen molar-refractivity contribution >= 4 is 23.3 Å². The van der Waals surface area contributed by atoms with E-state index in [0.29, 0.717) is 41.1 Å². The summed E-state index contributed by atoms with van der Waals surface area (Å²) in [6.07, 6.45) is 2.43. The molecule has 3 rings (SSSR count). The fraction of sp³-hybridized carbons (Fsp3) is 0.375. The number of amides is 1. The first kappa shape index (κ1) is 15.7. The van der Waals surface area contributed by atoms with Crippen LogP contribution in [0.5, 0.6) is 11.5 Å². The largest absolute Gasteiger partial charge is 0.489 e. The molecule has 2 heterocycles. The summed E-state index contributed by atoms with van der Waals surface area (Å²) in [5, 5.41) is 7.41. The summed E-state index contributed by atoms with van der Waals surface area (Å²) < 4.78 is 12.9. The Balaban J connectivity index is 1.86. The molecule has 6 nitrogen and oxygen atoms in total. The highest BCUT2D eigenvalue weighted by Crippen LogP contribution is 2.38. The molecule has 7 heteroatoms. The van der Waals surface area contributed by atoms with Crippen LogP contribution in [0.25, 0.3) is 0 Å². The van der Waals surface area contributed by atoms with Gasteiger partial charge in [0.05, 0.1) is 24.4 Å². The van der Waals surface area contributed by atoms with Crippen LogP contribution in [0.1, 0.15) is 36.7 Å². The van der Waals surface area contributed by atoms with Gasteiger partial charge in [-0.15, -0.1) is 0 Å². The molecular weight excluding hydrogens is 318 g/mol. The third-order valence-corrected chi connectivity index (χ3v) is 3.75. The fourth-order valence-electron chi connectivity index (χ4n) is 2.38. The van der Waals surface area contributed by atoms with E-state index in [2.05, 4.69) is 10.4 Å². The number of nitrogens with one attached hydrogen (secondary N) is 1. The van der Waals surface area contributed by atoms with Crippen LogP contribution >= 0.6 is 11.6 Å². The highest BCUT2D eigenvalue weighted by Gasteiger charge is 2.19. The van der Waals surface area contributed by atoms with Gasteiger partial charge in [-0.25, -0.2) is 4.68 Å². The minimum Gasteiger partial charge on any atom is -0.489 e. The van der Waals surface area contributed by atoms with E-state index in [1.807, 2.05) is 13.8 Å². The predicted octanol–water partition coefficient (Wildman–Crippen LogP) is 3.53. The standard InChI is InChI=1S/C16H18ClN3O3/c1-10(2)20-14(4-5-18-20)19-16(21)11-8-12(17)15-13(9-11)22-6-3-7-23-15/h4-5,8-10H,3,6-7H2,1-2H3,(H,19,21). The molecule has 0 spiro atoms. The molecule has 0 atom stereocenters. The molecule has 2 aromatic rings. The van der Waals surface area contributed by atoms with Crippen LogP contribution in [0.15, 0.2) is 24.4 Å². The van der Waals surface area contributed by atoms with Crippen molar-refractivity contribution in [3.8, 4) is 11.5 Å². The van der Waals surface area contributed by atoms with Crippen LogP contribution in [0, 0.1) is 0 Å². The van der Waals surface area contributed by atoms with Gasteiger partial charge in [0.25, 0.3) is 5.91 Å². The van der Waals surface area contributed by atoms with E-state index in [-0.39, 0.29) is 11.9 Å². The number of nitrogens with zero attached hydrogens (tertiary/aromatic N) is 2. The number of aromatic nitrogens is 2. The van der Waals surface area contributed by atoms with E-state index in [0.717, 1.165) is 6.42 Å². The molecule has 0 fully saturated rings. The number of rotatable bonds is 3. The summed E-state index contributed by atoms with van der Waals surface area (Å²) in [5.41, 5.74) is 0.413. The van der Waals surface area contributed by atoms with Crippen LogP contribution in [0.4, 0.5) is 5.82 Å². The number of halogens is 1. The third-order valence-electron chi connectivity index (χ3n) is 3.47. The molecule has 0 unspecified atom stereocenters. The number of carbonyl (C=O) groups excluding carboxylic acids is 1. The first-order valence-electron chi connectivity index (χ1n) is 7.50. The quantitative estimate of drug-likeness (QED) is 0.931. The Morgan fingerprint density at radius 3 is 2.91 bits per heavy atom. The van der Waals surface area contributed by atoms with Gasteiger partial charge < -0.3 is 14.8 Å². The van der Waals surface area contributed by atoms with E-state index in [1.54, 1.807) is 29.1 Å². The number of anilines is 1. The molecule has 0 saturated carbocycles. The Bertz CT molecular complexity index is 727. The normalized spacial score (nSPS) is 13.7. The molecule has 122 valence electrons. The average Bonchev–Trinajstić information content (AvgIpc) is 2.83. The monoisotopic (exact) mass is 335 g/mol. The molecule has 1 aliphatic heterocycles. The van der Waals surface area contributed by atoms with Gasteiger partial charge in [0.15, 0.2) is 11.5 Å². The molecule has 0 aliphatic carbocycles. The second-order valence-corrected chi connectivity index (χ2v) is 5.95. The van der Waals surface area contributed by atoms with Crippen LogP contribution in [-0.2, 0) is 0 Å². The van der Waals surface area contributed by atoms with Gasteiger partial charge in [0, 0.05) is 24.1 Å². The van der Waals surface area contributed by atoms with Gasteiger partial charge in [-0.1, -0.05) is 11.6 Å². The number of carbonyl (C=O) groups is 1. The zero-order valence-electron chi connectivity index (χ0n) is 13.0. The van der Waals surface area contributed by atoms with Crippen LogP contribution < -0.4 is 14.8 Å². The van der Waals surface area contributed by atoms with Gasteiger partial charge in [-0.3, -0.25) is 4.79 Å². The van der Waals surface area contributed by atoms with Crippen molar-refractivity contribution in [1.82, 2.24) is 9.78 Å². The molecule has 1 aliphatic rings. The minimum absolute atomic E-state index is 0.146. The fourth-order valence-corrected chi connectivity index (χ4v) is 2.64. The van der Waals surface area contributed by atoms with Gasteiger partial charge >= 0.3 is 0 Å². The molecule has 1 N–H and O–H groups in total. The maximum atomic E-state index is 12.5. The molecule has 1 aromatic carbocycles. The van der Waals surface area contributed by atoms with E-state index < -0.39 is 0 Å². The number of hydrogen-bond donors (Lipinski definition) is 1. The predicted molar refractivity (Wildman–Crippen MR) is 87.6 cm³/mol. The van der Waals surface area contributed by atoms with E-state index >= 15 is 0 Å². The Morgan fingerprint density at radius 2 is 2.13 bits per heavy atom. The highest BCUT2D eigenvalue weighted by molar-refractivity contribution is 6.32. The van der Waals surface area contributed by atoms with Gasteiger partial charge in [-0.05, 0) is 26.0 Å². The second-order valence-electron chi connectivity index (χ2n) is 5.54. The smallest absolute Gasteiger partial charge is 0.257 e. The van der Waals surface area contributed by atoms with Crippen LogP contribution in [-0.4, -0.2) is 28.9 Å². The average molecular weight is 336 g/mol. The number of hydrogen-bond acceptors (Lipinski definition) is 4. The summed E-state index contributed by atoms with van der Waals surface area (Å²) in [5.74, 6) is 1.35. The lowest BCUT2D eigenvalue weighted by Gasteiger charge is -2.13. The van der Waals surface area contributed by atoms with E-state index in [4.69, 9.17) is 21.1 Å². The van der Waals surface area contributed by atoms with Crippen molar-refractivity contribution in [3.05, 3.63) is 35.0 Å². The molecule has 0 bridgehead atoms. The first-order valence-corrected chi connectivity index (χ1v) is 7.88. The molecule has 0 saturated heterocycles. The Kier molecular flexibility index (Phi) is 4.43. The Hall–Kier alpha value is -2.21. The van der Waals surface area contributed by atoms with Gasteiger partial charge in [0.2, 0.25) is 0 Å². The number of ether oxygens (including phenoxy) is 2. The highest BCUT2D eigenvalue weighted by atomic mass is 35.5. The van der Waals surface area contributed by atoms with Crippen molar-refractivity contribution in [2.45, 2.75) is 26.3 Å². The van der Waals surface area contributed by atoms with Crippen molar-refractivity contribution in [2.75, 3.05) is 18.5 Å². The van der Waals surface area contributed by atoms with Crippen molar-refractivity contribution in [3.63, 3.8) is 0 Å². The van der Waals surface area contributed by atoms with Gasteiger partial charge in [0.1, 0.15) is 5.82 Å². The lowest BCUT2D eigenvalue weighted by molar-refractivity contribution is 0.102. The lowest BCUT2D eigenvalue weighted by atomic mass is 10.2. The molecular formula is C16H18ClN3O3. The summed E-state index contributed by atoms with van der Waals surface area (Å²) >= 11 is 6.22. The zero-order chi connectivity index (χ0) is 16.4. The summed E-state index contributed by atoms with van der Waals surface area (Å²) in [6.45, 7) is 5.07. The summed E-state index contributed by atoms with van der Waals surface area (Å²) in [6, 6.07) is 5.13. The van der Waals surface area contributed by atoms with E-state index in [1.165, 1.54) is 0 Å². The molecule has 0 radical (unpaired) electrons. The SMILES string of the molecule is CC(C)n1nccc1NC(=O)c1cc(Cl)c2c(c1)OCCCO2. The van der Waals surface area contributed by atoms with Crippen LogP contribution in [0.3, 0.4) is 0 Å². The maximum absolute atomic E-state index is 12.5. The topological polar surface area (TPSA) is 65.4 Å². The van der Waals surface area contributed by atoms with Crippen molar-refractivity contribution in [2.24, 2.45) is 0 Å². The maximum Gasteiger partial charge on any atom is 0.257 e. The molecule has 1 aromatic heterocycles. The lowest BCUT2D eigenvalue weighted by Crippen LogP contribution is -2.17. The summed E-state index contributed by atoms with van der Waals surface area (Å²) in [7, 11) is 0. The Labute approximate surface area is 139 Å².